The molecule has 0 aromatic heterocycles. The third-order valence-corrected chi connectivity index (χ3v) is 2.26. The first-order valence-electron chi connectivity index (χ1n) is 5.25. The average Bonchev–Trinajstić information content (AvgIpc) is 2.23. The maximum atomic E-state index is 12.0. The van der Waals surface area contributed by atoms with E-state index in [4.69, 9.17) is 5.73 Å². The molecule has 0 heterocycles. The topological polar surface area (TPSA) is 35.2 Å². The smallest absolute Gasteiger partial charge is 0.406 e. The van der Waals surface area contributed by atoms with E-state index in [9.17, 15) is 26.3 Å². The first kappa shape index (κ1) is 18.9. The van der Waals surface area contributed by atoms with E-state index in [1.54, 1.807) is 0 Å². The van der Waals surface area contributed by atoms with Crippen molar-refractivity contribution in [3.05, 3.63) is 29.8 Å². The predicted octanol–water partition coefficient (Wildman–Crippen LogP) is 4.35. The second kappa shape index (κ2) is 7.03. The van der Waals surface area contributed by atoms with E-state index in [-0.39, 0.29) is 18.0 Å². The highest BCUT2D eigenvalue weighted by molar-refractivity contribution is 5.85. The number of benzene rings is 1. The zero-order chi connectivity index (χ0) is 14.7. The summed E-state index contributed by atoms with van der Waals surface area (Å²) in [5.74, 6) is -0.507. The third-order valence-electron chi connectivity index (χ3n) is 2.26. The lowest BCUT2D eigenvalue weighted by Crippen LogP contribution is -2.18. The fourth-order valence-electron chi connectivity index (χ4n) is 1.43. The van der Waals surface area contributed by atoms with Crippen LogP contribution in [-0.4, -0.2) is 12.5 Å². The van der Waals surface area contributed by atoms with E-state index in [1.165, 1.54) is 12.1 Å². The molecule has 0 bridgehead atoms. The minimum atomic E-state index is -4.85. The van der Waals surface area contributed by atoms with Crippen molar-refractivity contribution in [2.24, 2.45) is 5.73 Å². The second-order valence-electron chi connectivity index (χ2n) is 3.88. The molecule has 20 heavy (non-hydrogen) atoms. The standard InChI is InChI=1S/C11H11F6NO.ClH/c12-10(13,14)5-4-9(18)7-2-1-3-8(6-7)19-11(15,16)17;/h1-3,6,9H,4-5,18H2;1H/t9-;/m0./s1. The van der Waals surface area contributed by atoms with Crippen molar-refractivity contribution in [3.63, 3.8) is 0 Å². The minimum Gasteiger partial charge on any atom is -0.406 e. The van der Waals surface area contributed by atoms with Crippen molar-refractivity contribution in [1.82, 2.24) is 0 Å². The summed E-state index contributed by atoms with van der Waals surface area (Å²) < 4.78 is 75.6. The Morgan fingerprint density at radius 2 is 1.70 bits per heavy atom. The maximum Gasteiger partial charge on any atom is 0.573 e. The van der Waals surface area contributed by atoms with E-state index in [2.05, 4.69) is 4.74 Å². The van der Waals surface area contributed by atoms with Crippen LogP contribution in [0, 0.1) is 0 Å². The van der Waals surface area contributed by atoms with Crippen molar-refractivity contribution in [1.29, 1.82) is 0 Å². The molecule has 1 aromatic rings. The lowest BCUT2D eigenvalue weighted by molar-refractivity contribution is -0.274. The number of hydrogen-bond donors (Lipinski definition) is 1. The number of hydrogen-bond acceptors (Lipinski definition) is 2. The average molecular weight is 324 g/mol. The Balaban J connectivity index is 0.00000361. The van der Waals surface area contributed by atoms with Gasteiger partial charge in [0.2, 0.25) is 0 Å². The Morgan fingerprint density at radius 3 is 2.20 bits per heavy atom. The molecule has 0 saturated heterocycles. The molecule has 2 nitrogen and oxygen atoms in total. The first-order valence-corrected chi connectivity index (χ1v) is 5.25. The SMILES string of the molecule is Cl.N[C@@H](CCC(F)(F)F)c1cccc(OC(F)(F)F)c1. The zero-order valence-electron chi connectivity index (χ0n) is 9.96. The number of nitrogens with two attached hydrogens (primary N) is 1. The van der Waals surface area contributed by atoms with Gasteiger partial charge in [-0.15, -0.1) is 25.6 Å². The minimum absolute atomic E-state index is 0. The molecule has 0 spiro atoms. The molecular formula is C11H12ClF6NO. The molecule has 9 heteroatoms. The largest absolute Gasteiger partial charge is 0.573 e. The molecule has 0 saturated carbocycles. The van der Waals surface area contributed by atoms with Gasteiger partial charge in [0.15, 0.2) is 0 Å². The van der Waals surface area contributed by atoms with E-state index >= 15 is 0 Å². The van der Waals surface area contributed by atoms with Gasteiger partial charge in [-0.1, -0.05) is 12.1 Å². The van der Waals surface area contributed by atoms with Crippen LogP contribution in [0.1, 0.15) is 24.4 Å². The van der Waals surface area contributed by atoms with Gasteiger partial charge in [0.1, 0.15) is 5.75 Å². The Kier molecular flexibility index (Phi) is 6.63. The van der Waals surface area contributed by atoms with Crippen LogP contribution in [-0.2, 0) is 0 Å². The highest BCUT2D eigenvalue weighted by atomic mass is 35.5. The van der Waals surface area contributed by atoms with Crippen molar-refractivity contribution in [3.8, 4) is 5.75 Å². The van der Waals surface area contributed by atoms with Crippen molar-refractivity contribution in [2.45, 2.75) is 31.4 Å². The van der Waals surface area contributed by atoms with Crippen LogP contribution in [0.5, 0.6) is 5.75 Å². The van der Waals surface area contributed by atoms with Gasteiger partial charge < -0.3 is 10.5 Å². The van der Waals surface area contributed by atoms with Crippen LogP contribution in [0.2, 0.25) is 0 Å². The summed E-state index contributed by atoms with van der Waals surface area (Å²) in [5, 5.41) is 0. The van der Waals surface area contributed by atoms with E-state index in [0.717, 1.165) is 12.1 Å². The number of rotatable bonds is 4. The summed E-state index contributed by atoms with van der Waals surface area (Å²) in [6.45, 7) is 0. The molecule has 0 radical (unpaired) electrons. The van der Waals surface area contributed by atoms with Gasteiger partial charge in [0.25, 0.3) is 0 Å². The summed E-state index contributed by atoms with van der Waals surface area (Å²) in [7, 11) is 0. The van der Waals surface area contributed by atoms with Crippen LogP contribution in [0.15, 0.2) is 24.3 Å². The number of ether oxygens (including phenoxy) is 1. The molecule has 2 N–H and O–H groups in total. The molecule has 116 valence electrons. The quantitative estimate of drug-likeness (QED) is 0.836. The summed E-state index contributed by atoms with van der Waals surface area (Å²) in [6, 6.07) is 3.62. The molecule has 0 unspecified atom stereocenters. The van der Waals surface area contributed by atoms with E-state index < -0.39 is 37.2 Å². The van der Waals surface area contributed by atoms with Crippen molar-refractivity contribution in [2.75, 3.05) is 0 Å². The van der Waals surface area contributed by atoms with Gasteiger partial charge >= 0.3 is 12.5 Å². The van der Waals surface area contributed by atoms with Gasteiger partial charge in [0.05, 0.1) is 0 Å². The van der Waals surface area contributed by atoms with Crippen LogP contribution in [0.25, 0.3) is 0 Å². The van der Waals surface area contributed by atoms with Gasteiger partial charge in [-0.3, -0.25) is 0 Å². The number of halogens is 7. The van der Waals surface area contributed by atoms with Gasteiger partial charge in [-0.2, -0.15) is 13.2 Å². The lowest BCUT2D eigenvalue weighted by atomic mass is 10.0. The normalized spacial score (nSPS) is 13.6. The summed E-state index contributed by atoms with van der Waals surface area (Å²) >= 11 is 0. The Labute approximate surface area is 117 Å². The fraction of sp³-hybridized carbons (Fsp3) is 0.455. The monoisotopic (exact) mass is 323 g/mol. The van der Waals surface area contributed by atoms with Crippen molar-refractivity contribution < 1.29 is 31.1 Å². The van der Waals surface area contributed by atoms with Crippen molar-refractivity contribution >= 4 is 12.4 Å². The Bertz CT molecular complexity index is 420. The zero-order valence-corrected chi connectivity index (χ0v) is 10.8. The highest BCUT2D eigenvalue weighted by Gasteiger charge is 2.31. The second-order valence-corrected chi connectivity index (χ2v) is 3.88. The van der Waals surface area contributed by atoms with Gasteiger partial charge in [0, 0.05) is 12.5 Å². The first-order chi connectivity index (χ1) is 8.57. The fourth-order valence-corrected chi connectivity index (χ4v) is 1.43. The maximum absolute atomic E-state index is 12.0. The van der Waals surface area contributed by atoms with Gasteiger partial charge in [-0.25, -0.2) is 0 Å². The van der Waals surface area contributed by atoms with E-state index in [1.807, 2.05) is 0 Å². The van der Waals surface area contributed by atoms with Gasteiger partial charge in [-0.05, 0) is 24.1 Å². The molecule has 0 aliphatic carbocycles. The Hall–Kier alpha value is -1.15. The summed E-state index contributed by atoms with van der Waals surface area (Å²) in [4.78, 5) is 0. The highest BCUT2D eigenvalue weighted by Crippen LogP contribution is 2.29. The molecular weight excluding hydrogens is 312 g/mol. The van der Waals surface area contributed by atoms with E-state index in [0.29, 0.717) is 0 Å². The van der Waals surface area contributed by atoms with Crippen LogP contribution >= 0.6 is 12.4 Å². The molecule has 1 aromatic carbocycles. The third kappa shape index (κ3) is 7.44. The van der Waals surface area contributed by atoms with Crippen LogP contribution < -0.4 is 10.5 Å². The van der Waals surface area contributed by atoms with Crippen LogP contribution in [0.4, 0.5) is 26.3 Å². The molecule has 0 aliphatic rings. The molecule has 0 fully saturated rings. The summed E-state index contributed by atoms with van der Waals surface area (Å²) in [6.07, 6.45) is -10.7. The predicted molar refractivity (Wildman–Crippen MR) is 62.6 cm³/mol. The lowest BCUT2D eigenvalue weighted by Gasteiger charge is -2.15. The molecule has 0 aliphatic heterocycles. The molecule has 0 amide bonds. The molecule has 1 rings (SSSR count). The van der Waals surface area contributed by atoms with Crippen LogP contribution in [0.3, 0.4) is 0 Å². The number of alkyl halides is 6. The molecule has 1 atom stereocenters. The Morgan fingerprint density at radius 1 is 1.10 bits per heavy atom. The summed E-state index contributed by atoms with van der Waals surface area (Å²) in [5.41, 5.74) is 5.66.